The molecule has 0 heterocycles. The van der Waals surface area contributed by atoms with Crippen molar-refractivity contribution >= 4 is 11.9 Å². The minimum absolute atomic E-state index is 0.155. The molecule has 0 fully saturated rings. The zero-order valence-corrected chi connectivity index (χ0v) is 7.41. The third-order valence-electron chi connectivity index (χ3n) is 1.09. The van der Waals surface area contributed by atoms with E-state index in [1.54, 1.807) is 6.92 Å². The predicted molar refractivity (Wildman–Crippen MR) is 43.8 cm³/mol. The molecule has 0 atom stereocenters. The summed E-state index contributed by atoms with van der Waals surface area (Å²) in [6.45, 7) is 4.54. The van der Waals surface area contributed by atoms with Gasteiger partial charge in [0, 0.05) is 0 Å². The molecule has 0 aromatic rings. The van der Waals surface area contributed by atoms with Gasteiger partial charge in [-0.15, -0.1) is 0 Å². The van der Waals surface area contributed by atoms with Crippen molar-refractivity contribution in [3.8, 4) is 0 Å². The molecule has 0 radical (unpaired) electrons. The number of ether oxygens (including phenoxy) is 2. The van der Waals surface area contributed by atoms with Gasteiger partial charge < -0.3 is 14.6 Å². The third-order valence-corrected chi connectivity index (χ3v) is 1.09. The van der Waals surface area contributed by atoms with Crippen molar-refractivity contribution in [1.82, 2.24) is 0 Å². The lowest BCUT2D eigenvalue weighted by molar-refractivity contribution is -0.147. The molecule has 0 aromatic carbocycles. The van der Waals surface area contributed by atoms with E-state index in [1.165, 1.54) is 0 Å². The van der Waals surface area contributed by atoms with Crippen molar-refractivity contribution in [2.24, 2.45) is 0 Å². The fraction of sp³-hybridized carbons (Fsp3) is 0.500. The van der Waals surface area contributed by atoms with E-state index in [0.717, 1.165) is 0 Å². The highest BCUT2D eigenvalue weighted by atomic mass is 16.6. The SMILES string of the molecule is C=C(C(=O)OCC)C(=O)OCCO. The molecule has 13 heavy (non-hydrogen) atoms. The zero-order chi connectivity index (χ0) is 10.3. The lowest BCUT2D eigenvalue weighted by Crippen LogP contribution is -2.18. The summed E-state index contributed by atoms with van der Waals surface area (Å²) in [7, 11) is 0. The summed E-state index contributed by atoms with van der Waals surface area (Å²) in [5.41, 5.74) is -0.365. The molecule has 0 unspecified atom stereocenters. The van der Waals surface area contributed by atoms with Crippen LogP contribution in [-0.4, -0.2) is 36.9 Å². The van der Waals surface area contributed by atoms with Crippen LogP contribution in [0.15, 0.2) is 12.2 Å². The smallest absolute Gasteiger partial charge is 0.345 e. The summed E-state index contributed by atoms with van der Waals surface area (Å²) in [4.78, 5) is 21.7. The van der Waals surface area contributed by atoms with Crippen LogP contribution in [0.25, 0.3) is 0 Å². The standard InChI is InChI=1S/C8H12O5/c1-3-12-7(10)6(2)8(11)13-5-4-9/h9H,2-5H2,1H3. The number of aliphatic hydroxyl groups is 1. The van der Waals surface area contributed by atoms with Gasteiger partial charge in [-0.05, 0) is 6.92 Å². The number of hydrogen-bond acceptors (Lipinski definition) is 5. The normalized spacial score (nSPS) is 9.08. The van der Waals surface area contributed by atoms with E-state index in [4.69, 9.17) is 5.11 Å². The number of carbonyl (C=O) groups excluding carboxylic acids is 2. The average molecular weight is 188 g/mol. The Morgan fingerprint density at radius 2 is 1.85 bits per heavy atom. The largest absolute Gasteiger partial charge is 0.462 e. The summed E-state index contributed by atoms with van der Waals surface area (Å²) in [5, 5.41) is 8.32. The number of aliphatic hydroxyl groups excluding tert-OH is 1. The van der Waals surface area contributed by atoms with Gasteiger partial charge in [-0.2, -0.15) is 0 Å². The van der Waals surface area contributed by atoms with Crippen molar-refractivity contribution in [2.45, 2.75) is 6.92 Å². The maximum atomic E-state index is 10.9. The van der Waals surface area contributed by atoms with E-state index >= 15 is 0 Å². The quantitative estimate of drug-likeness (QED) is 0.276. The minimum Gasteiger partial charge on any atom is -0.462 e. The van der Waals surface area contributed by atoms with Gasteiger partial charge in [-0.1, -0.05) is 6.58 Å². The second kappa shape index (κ2) is 6.19. The van der Waals surface area contributed by atoms with Gasteiger partial charge in [-0.25, -0.2) is 9.59 Å². The minimum atomic E-state index is -0.868. The molecule has 0 aliphatic carbocycles. The first kappa shape index (κ1) is 11.6. The molecular formula is C8H12O5. The molecule has 0 saturated carbocycles. The van der Waals surface area contributed by atoms with Crippen LogP contribution >= 0.6 is 0 Å². The van der Waals surface area contributed by atoms with Crippen LogP contribution in [0.1, 0.15) is 6.92 Å². The molecule has 5 nitrogen and oxygen atoms in total. The maximum absolute atomic E-state index is 10.9. The molecule has 0 aliphatic rings. The number of carbonyl (C=O) groups is 2. The Morgan fingerprint density at radius 1 is 1.31 bits per heavy atom. The summed E-state index contributed by atoms with van der Waals surface area (Å²) >= 11 is 0. The molecule has 0 aromatic heterocycles. The van der Waals surface area contributed by atoms with Gasteiger partial charge in [0.05, 0.1) is 13.2 Å². The van der Waals surface area contributed by atoms with Crippen molar-refractivity contribution < 1.29 is 24.2 Å². The first-order chi connectivity index (χ1) is 6.13. The molecule has 74 valence electrons. The first-order valence-corrected chi connectivity index (χ1v) is 3.77. The van der Waals surface area contributed by atoms with Gasteiger partial charge in [0.25, 0.3) is 0 Å². The fourth-order valence-electron chi connectivity index (χ4n) is 0.527. The number of rotatable bonds is 5. The second-order valence-corrected chi connectivity index (χ2v) is 2.06. The van der Waals surface area contributed by atoms with E-state index in [9.17, 15) is 9.59 Å². The van der Waals surface area contributed by atoms with Crippen LogP contribution in [0, 0.1) is 0 Å². The van der Waals surface area contributed by atoms with E-state index in [1.807, 2.05) is 0 Å². The number of hydrogen-bond donors (Lipinski definition) is 1. The zero-order valence-electron chi connectivity index (χ0n) is 7.41. The summed E-state index contributed by atoms with van der Waals surface area (Å²) in [6, 6.07) is 0. The van der Waals surface area contributed by atoms with Crippen LogP contribution in [0.3, 0.4) is 0 Å². The van der Waals surface area contributed by atoms with Crippen molar-refractivity contribution in [3.05, 3.63) is 12.2 Å². The number of esters is 2. The topological polar surface area (TPSA) is 72.8 Å². The van der Waals surface area contributed by atoms with Gasteiger partial charge in [-0.3, -0.25) is 0 Å². The average Bonchev–Trinajstić information content (AvgIpc) is 2.13. The Hall–Kier alpha value is -1.36. The molecule has 0 amide bonds. The Labute approximate surface area is 75.9 Å². The maximum Gasteiger partial charge on any atom is 0.345 e. The Kier molecular flexibility index (Phi) is 5.54. The molecule has 0 bridgehead atoms. The van der Waals surface area contributed by atoms with Crippen LogP contribution in [-0.2, 0) is 19.1 Å². The summed E-state index contributed by atoms with van der Waals surface area (Å²) < 4.78 is 8.93. The van der Waals surface area contributed by atoms with Gasteiger partial charge in [0.1, 0.15) is 12.2 Å². The van der Waals surface area contributed by atoms with E-state index < -0.39 is 11.9 Å². The first-order valence-electron chi connectivity index (χ1n) is 3.77. The van der Waals surface area contributed by atoms with Crippen LogP contribution < -0.4 is 0 Å². The summed E-state index contributed by atoms with van der Waals surface area (Å²) in [6.07, 6.45) is 0. The van der Waals surface area contributed by atoms with E-state index in [0.29, 0.717) is 0 Å². The molecule has 1 N–H and O–H groups in total. The molecule has 0 rings (SSSR count). The molecule has 0 aliphatic heterocycles. The van der Waals surface area contributed by atoms with Crippen LogP contribution in [0.2, 0.25) is 0 Å². The van der Waals surface area contributed by atoms with Crippen molar-refractivity contribution in [1.29, 1.82) is 0 Å². The highest BCUT2D eigenvalue weighted by Gasteiger charge is 2.17. The molecule has 0 saturated heterocycles. The van der Waals surface area contributed by atoms with Crippen molar-refractivity contribution in [3.63, 3.8) is 0 Å². The van der Waals surface area contributed by atoms with Gasteiger partial charge in [0.2, 0.25) is 0 Å². The predicted octanol–water partition coefficient (Wildman–Crippen LogP) is -0.359. The van der Waals surface area contributed by atoms with Crippen molar-refractivity contribution in [2.75, 3.05) is 19.8 Å². The lowest BCUT2D eigenvalue weighted by Gasteiger charge is -2.04. The van der Waals surface area contributed by atoms with E-state index in [-0.39, 0.29) is 25.4 Å². The molecular weight excluding hydrogens is 176 g/mol. The Bertz CT molecular complexity index is 209. The lowest BCUT2D eigenvalue weighted by atomic mass is 10.3. The monoisotopic (exact) mass is 188 g/mol. The summed E-state index contributed by atoms with van der Waals surface area (Å²) in [5.74, 6) is -1.67. The second-order valence-electron chi connectivity index (χ2n) is 2.06. The van der Waals surface area contributed by atoms with Gasteiger partial charge >= 0.3 is 11.9 Å². The highest BCUT2D eigenvalue weighted by molar-refractivity contribution is 6.13. The molecule has 5 heteroatoms. The van der Waals surface area contributed by atoms with Crippen LogP contribution in [0.5, 0.6) is 0 Å². The highest BCUT2D eigenvalue weighted by Crippen LogP contribution is 1.97. The Morgan fingerprint density at radius 3 is 2.31 bits per heavy atom. The third kappa shape index (κ3) is 4.27. The Balaban J connectivity index is 3.95. The fourth-order valence-corrected chi connectivity index (χ4v) is 0.527. The molecule has 0 spiro atoms. The van der Waals surface area contributed by atoms with E-state index in [2.05, 4.69) is 16.1 Å². The van der Waals surface area contributed by atoms with Gasteiger partial charge in [0.15, 0.2) is 0 Å². The van der Waals surface area contributed by atoms with Crippen LogP contribution in [0.4, 0.5) is 0 Å².